The average molecular weight is 249 g/mol. The molecule has 0 bridgehead atoms. The Kier molecular flexibility index (Phi) is 4.34. The van der Waals surface area contributed by atoms with E-state index >= 15 is 0 Å². The highest BCUT2D eigenvalue weighted by molar-refractivity contribution is 7.11. The monoisotopic (exact) mass is 249 g/mol. The van der Waals surface area contributed by atoms with Gasteiger partial charge in [0, 0.05) is 22.5 Å². The zero-order valence-corrected chi connectivity index (χ0v) is 11.3. The van der Waals surface area contributed by atoms with Crippen molar-refractivity contribution < 1.29 is 0 Å². The van der Waals surface area contributed by atoms with Gasteiger partial charge in [-0.1, -0.05) is 6.92 Å². The number of hydrogen-bond donors (Lipinski definition) is 1. The fourth-order valence-corrected chi connectivity index (χ4v) is 2.68. The number of nitrogens with zero attached hydrogens (tertiary/aromatic N) is 2. The Morgan fingerprint density at radius 2 is 2.12 bits per heavy atom. The Labute approximate surface area is 106 Å². The third kappa shape index (κ3) is 3.68. The van der Waals surface area contributed by atoms with Gasteiger partial charge in [-0.05, 0) is 38.1 Å². The minimum absolute atomic E-state index is 0.881. The van der Waals surface area contributed by atoms with Gasteiger partial charge in [0.1, 0.15) is 0 Å². The summed E-state index contributed by atoms with van der Waals surface area (Å²) in [4.78, 5) is 2.76. The quantitative estimate of drug-likeness (QED) is 0.798. The topological polar surface area (TPSA) is 29.9 Å². The summed E-state index contributed by atoms with van der Waals surface area (Å²) in [6, 6.07) is 6.45. The number of thiophene rings is 1. The Bertz CT molecular complexity index is 459. The van der Waals surface area contributed by atoms with Gasteiger partial charge in [-0.3, -0.25) is 4.68 Å². The van der Waals surface area contributed by atoms with Crippen LogP contribution in [0.25, 0.3) is 0 Å². The average Bonchev–Trinajstić information content (AvgIpc) is 2.90. The first-order chi connectivity index (χ1) is 8.28. The van der Waals surface area contributed by atoms with Crippen LogP contribution in [0.1, 0.15) is 28.8 Å². The molecule has 92 valence electrons. The van der Waals surface area contributed by atoms with E-state index in [9.17, 15) is 0 Å². The van der Waals surface area contributed by atoms with Gasteiger partial charge in [-0.15, -0.1) is 11.3 Å². The molecular formula is C13H19N3S. The van der Waals surface area contributed by atoms with Crippen molar-refractivity contribution in [1.82, 2.24) is 15.1 Å². The van der Waals surface area contributed by atoms with Gasteiger partial charge in [-0.2, -0.15) is 5.10 Å². The van der Waals surface area contributed by atoms with Crippen LogP contribution in [0.3, 0.4) is 0 Å². The summed E-state index contributed by atoms with van der Waals surface area (Å²) in [6.07, 6.45) is 3.22. The Morgan fingerprint density at radius 1 is 1.29 bits per heavy atom. The molecule has 0 aliphatic rings. The molecule has 0 radical (unpaired) electrons. The van der Waals surface area contributed by atoms with E-state index in [-0.39, 0.29) is 0 Å². The van der Waals surface area contributed by atoms with Crippen molar-refractivity contribution in [3.63, 3.8) is 0 Å². The molecule has 0 aliphatic carbocycles. The lowest BCUT2D eigenvalue weighted by molar-refractivity contribution is 0.681. The van der Waals surface area contributed by atoms with Gasteiger partial charge in [0.05, 0.1) is 12.2 Å². The summed E-state index contributed by atoms with van der Waals surface area (Å²) in [5, 5.41) is 7.82. The minimum Gasteiger partial charge on any atom is -0.312 e. The maximum atomic E-state index is 4.40. The second-order valence-electron chi connectivity index (χ2n) is 4.20. The molecule has 0 fully saturated rings. The smallest absolute Gasteiger partial charge is 0.0752 e. The lowest BCUT2D eigenvalue weighted by Gasteiger charge is -1.99. The number of nitrogens with one attached hydrogen (secondary N) is 1. The minimum atomic E-state index is 0.881. The fraction of sp³-hybridized carbons (Fsp3) is 0.462. The van der Waals surface area contributed by atoms with Crippen molar-refractivity contribution in [3.8, 4) is 0 Å². The van der Waals surface area contributed by atoms with Crippen LogP contribution in [0.4, 0.5) is 0 Å². The first kappa shape index (κ1) is 12.3. The lowest BCUT2D eigenvalue weighted by Crippen LogP contribution is -2.12. The van der Waals surface area contributed by atoms with Crippen LogP contribution in [0.15, 0.2) is 24.4 Å². The number of rotatable bonds is 6. The van der Waals surface area contributed by atoms with Crippen molar-refractivity contribution >= 4 is 11.3 Å². The summed E-state index contributed by atoms with van der Waals surface area (Å²) in [7, 11) is 0. The second-order valence-corrected chi connectivity index (χ2v) is 5.45. The van der Waals surface area contributed by atoms with Crippen LogP contribution in [0.5, 0.6) is 0 Å². The highest BCUT2D eigenvalue weighted by atomic mass is 32.1. The molecule has 3 nitrogen and oxygen atoms in total. The van der Waals surface area contributed by atoms with Crippen LogP contribution in [-0.4, -0.2) is 16.3 Å². The molecule has 2 aromatic rings. The predicted octanol–water partition coefficient (Wildman–Crippen LogP) is 2.80. The molecule has 2 rings (SSSR count). The molecule has 1 N–H and O–H groups in total. The van der Waals surface area contributed by atoms with Crippen molar-refractivity contribution in [2.75, 3.05) is 6.54 Å². The third-order valence-corrected chi connectivity index (χ3v) is 3.61. The summed E-state index contributed by atoms with van der Waals surface area (Å²) >= 11 is 1.86. The van der Waals surface area contributed by atoms with E-state index in [1.807, 2.05) is 35.2 Å². The van der Waals surface area contributed by atoms with Crippen LogP contribution in [0, 0.1) is 6.92 Å². The van der Waals surface area contributed by atoms with E-state index in [1.54, 1.807) is 0 Å². The van der Waals surface area contributed by atoms with Gasteiger partial charge in [0.25, 0.3) is 0 Å². The van der Waals surface area contributed by atoms with E-state index in [4.69, 9.17) is 0 Å². The molecule has 0 spiro atoms. The summed E-state index contributed by atoms with van der Waals surface area (Å²) in [5.74, 6) is 0. The Balaban J connectivity index is 1.89. The van der Waals surface area contributed by atoms with E-state index in [1.165, 1.54) is 16.2 Å². The highest BCUT2D eigenvalue weighted by Crippen LogP contribution is 2.17. The molecule has 17 heavy (non-hydrogen) atoms. The maximum Gasteiger partial charge on any atom is 0.0752 e. The van der Waals surface area contributed by atoms with Crippen molar-refractivity contribution in [2.45, 2.75) is 33.4 Å². The first-order valence-corrected chi connectivity index (χ1v) is 6.88. The number of hydrogen-bond acceptors (Lipinski definition) is 3. The van der Waals surface area contributed by atoms with Crippen molar-refractivity contribution in [2.24, 2.45) is 0 Å². The first-order valence-electron chi connectivity index (χ1n) is 6.06. The van der Waals surface area contributed by atoms with Gasteiger partial charge < -0.3 is 5.32 Å². The van der Waals surface area contributed by atoms with E-state index in [0.717, 1.165) is 25.3 Å². The van der Waals surface area contributed by atoms with E-state index in [2.05, 4.69) is 29.5 Å². The molecule has 2 heterocycles. The molecule has 2 aromatic heterocycles. The molecule has 0 saturated carbocycles. The van der Waals surface area contributed by atoms with Crippen LogP contribution in [0.2, 0.25) is 0 Å². The van der Waals surface area contributed by atoms with Gasteiger partial charge >= 0.3 is 0 Å². The molecule has 4 heteroatoms. The molecule has 0 atom stereocenters. The maximum absolute atomic E-state index is 4.40. The normalized spacial score (nSPS) is 10.9. The SMILES string of the molecule is CCCNCc1ccc(Cn2ccc(C)n2)s1. The van der Waals surface area contributed by atoms with E-state index in [0.29, 0.717) is 0 Å². The lowest BCUT2D eigenvalue weighted by atomic mass is 10.4. The summed E-state index contributed by atoms with van der Waals surface area (Å²) in [5.41, 5.74) is 1.08. The largest absolute Gasteiger partial charge is 0.312 e. The molecule has 0 amide bonds. The number of aryl methyl sites for hydroxylation is 1. The fourth-order valence-electron chi connectivity index (χ4n) is 1.70. The number of aromatic nitrogens is 2. The highest BCUT2D eigenvalue weighted by Gasteiger charge is 2.01. The predicted molar refractivity (Wildman–Crippen MR) is 72.4 cm³/mol. The molecule has 0 aliphatic heterocycles. The zero-order chi connectivity index (χ0) is 12.1. The molecule has 0 aromatic carbocycles. The van der Waals surface area contributed by atoms with Gasteiger partial charge in [0.15, 0.2) is 0 Å². The van der Waals surface area contributed by atoms with Gasteiger partial charge in [0.2, 0.25) is 0 Å². The van der Waals surface area contributed by atoms with Crippen LogP contribution < -0.4 is 5.32 Å². The molecule has 0 saturated heterocycles. The van der Waals surface area contributed by atoms with Crippen molar-refractivity contribution in [1.29, 1.82) is 0 Å². The van der Waals surface area contributed by atoms with Gasteiger partial charge in [-0.25, -0.2) is 0 Å². The van der Waals surface area contributed by atoms with Crippen LogP contribution in [-0.2, 0) is 13.1 Å². The second kappa shape index (κ2) is 5.98. The Hall–Kier alpha value is -1.13. The molecular weight excluding hydrogens is 230 g/mol. The van der Waals surface area contributed by atoms with Crippen molar-refractivity contribution in [3.05, 3.63) is 39.8 Å². The van der Waals surface area contributed by atoms with Crippen LogP contribution >= 0.6 is 11.3 Å². The standard InChI is InChI=1S/C13H19N3S/c1-3-7-14-9-12-4-5-13(17-12)10-16-8-6-11(2)15-16/h4-6,8,14H,3,7,9-10H2,1-2H3. The summed E-state index contributed by atoms with van der Waals surface area (Å²) in [6.45, 7) is 7.16. The molecule has 0 unspecified atom stereocenters. The zero-order valence-electron chi connectivity index (χ0n) is 10.4. The Morgan fingerprint density at radius 3 is 2.82 bits per heavy atom. The third-order valence-electron chi connectivity index (χ3n) is 2.54. The summed E-state index contributed by atoms with van der Waals surface area (Å²) < 4.78 is 1.99. The van der Waals surface area contributed by atoms with E-state index < -0.39 is 0 Å².